The smallest absolute Gasteiger partial charge is 0.406 e. The van der Waals surface area contributed by atoms with Crippen LogP contribution in [0.25, 0.3) is 10.9 Å². The first-order valence-corrected chi connectivity index (χ1v) is 17.0. The molecule has 2 heterocycles. The Kier molecular flexibility index (Phi) is 9.50. The number of para-hydroxylation sites is 2. The number of fused-ring (bicyclic) bond motifs is 1. The average molecular weight is 655 g/mol. The minimum atomic E-state index is -4.84. The van der Waals surface area contributed by atoms with Crippen molar-refractivity contribution in [1.29, 1.82) is 0 Å². The third-order valence-electron chi connectivity index (χ3n) is 8.73. The first-order chi connectivity index (χ1) is 22.1. The highest BCUT2D eigenvalue weighted by molar-refractivity contribution is 7.89. The van der Waals surface area contributed by atoms with Crippen LogP contribution in [-0.4, -0.2) is 64.0 Å². The van der Waals surface area contributed by atoms with Crippen LogP contribution < -0.4 is 24.6 Å². The van der Waals surface area contributed by atoms with E-state index in [1.54, 1.807) is 0 Å². The number of rotatable bonds is 10. The number of ether oxygens (including phenoxy) is 1. The molecule has 9 nitrogen and oxygen atoms in total. The van der Waals surface area contributed by atoms with Gasteiger partial charge >= 0.3 is 6.36 Å². The van der Waals surface area contributed by atoms with Gasteiger partial charge < -0.3 is 19.9 Å². The summed E-state index contributed by atoms with van der Waals surface area (Å²) in [7, 11) is -3.85. The van der Waals surface area contributed by atoms with Gasteiger partial charge in [0.2, 0.25) is 16.0 Å². The summed E-state index contributed by atoms with van der Waals surface area (Å²) in [5.41, 5.74) is 2.14. The van der Waals surface area contributed by atoms with Crippen LogP contribution in [0.5, 0.6) is 5.75 Å². The number of sulfonamides is 1. The van der Waals surface area contributed by atoms with Crippen molar-refractivity contribution in [3.8, 4) is 5.75 Å². The van der Waals surface area contributed by atoms with Crippen molar-refractivity contribution >= 4 is 38.4 Å². The Bertz CT molecular complexity index is 1710. The Morgan fingerprint density at radius 3 is 2.04 bits per heavy atom. The molecule has 2 fully saturated rings. The highest BCUT2D eigenvalue weighted by Crippen LogP contribution is 2.31. The van der Waals surface area contributed by atoms with E-state index in [2.05, 4.69) is 54.9 Å². The molecule has 4 aromatic rings. The normalized spacial score (nSPS) is 19.3. The first kappa shape index (κ1) is 31.9. The summed E-state index contributed by atoms with van der Waals surface area (Å²) in [5.74, 6) is 1.67. The predicted octanol–water partition coefficient (Wildman–Crippen LogP) is 6.05. The van der Waals surface area contributed by atoms with Crippen LogP contribution in [0.2, 0.25) is 0 Å². The maximum absolute atomic E-state index is 12.7. The highest BCUT2D eigenvalue weighted by atomic mass is 32.2. The largest absolute Gasteiger partial charge is 0.573 e. The van der Waals surface area contributed by atoms with Gasteiger partial charge in [-0.3, -0.25) is 0 Å². The second kappa shape index (κ2) is 13.7. The van der Waals surface area contributed by atoms with Gasteiger partial charge in [-0.15, -0.1) is 13.2 Å². The van der Waals surface area contributed by atoms with E-state index in [0.29, 0.717) is 11.9 Å². The van der Waals surface area contributed by atoms with E-state index in [9.17, 15) is 21.6 Å². The number of nitrogens with zero attached hydrogens (tertiary/aromatic N) is 4. The van der Waals surface area contributed by atoms with Gasteiger partial charge in [-0.2, -0.15) is 4.98 Å². The number of benzene rings is 3. The van der Waals surface area contributed by atoms with Crippen molar-refractivity contribution in [3.05, 3.63) is 78.9 Å². The van der Waals surface area contributed by atoms with Crippen molar-refractivity contribution in [2.45, 2.75) is 36.9 Å². The van der Waals surface area contributed by atoms with Gasteiger partial charge in [0.05, 0.1) is 10.4 Å². The molecule has 244 valence electrons. The zero-order valence-electron chi connectivity index (χ0n) is 25.3. The molecule has 2 aliphatic rings. The summed E-state index contributed by atoms with van der Waals surface area (Å²) in [6, 6.07) is 22.8. The van der Waals surface area contributed by atoms with Gasteiger partial charge in [0.15, 0.2) is 0 Å². The lowest BCUT2D eigenvalue weighted by molar-refractivity contribution is -0.274. The molecule has 0 atom stereocenters. The van der Waals surface area contributed by atoms with Crippen LogP contribution in [0.4, 0.5) is 30.6 Å². The fraction of sp³-hybridized carbons (Fsp3) is 0.394. The minimum absolute atomic E-state index is 0.104. The number of halogens is 3. The Hall–Kier alpha value is -4.10. The molecule has 0 spiro atoms. The molecule has 0 amide bonds. The number of alkyl halides is 3. The molecule has 1 aliphatic carbocycles. The lowest BCUT2D eigenvalue weighted by Gasteiger charge is -2.37. The Labute approximate surface area is 266 Å². The molecule has 13 heteroatoms. The molecular weight excluding hydrogens is 617 g/mol. The molecule has 1 saturated heterocycles. The number of piperazine rings is 1. The molecule has 0 bridgehead atoms. The summed E-state index contributed by atoms with van der Waals surface area (Å²) in [6.45, 7) is 4.55. The van der Waals surface area contributed by atoms with Crippen molar-refractivity contribution < 1.29 is 26.3 Å². The van der Waals surface area contributed by atoms with Gasteiger partial charge in [0, 0.05) is 50.3 Å². The summed E-state index contributed by atoms with van der Waals surface area (Å²) >= 11 is 0. The van der Waals surface area contributed by atoms with Gasteiger partial charge in [-0.1, -0.05) is 30.3 Å². The van der Waals surface area contributed by atoms with Crippen LogP contribution in [0.15, 0.2) is 83.8 Å². The maximum Gasteiger partial charge on any atom is 0.573 e. The van der Waals surface area contributed by atoms with Crippen LogP contribution in [0.3, 0.4) is 0 Å². The molecular formula is C33H37F3N6O3S. The van der Waals surface area contributed by atoms with E-state index < -0.39 is 22.1 Å². The monoisotopic (exact) mass is 654 g/mol. The molecule has 1 aliphatic heterocycles. The van der Waals surface area contributed by atoms with Gasteiger partial charge in [0.25, 0.3) is 0 Å². The van der Waals surface area contributed by atoms with Gasteiger partial charge in [-0.05, 0) is 86.1 Å². The Balaban J connectivity index is 1.00. The summed E-state index contributed by atoms with van der Waals surface area (Å²) in [5, 5.41) is 4.52. The Morgan fingerprint density at radius 2 is 1.37 bits per heavy atom. The molecule has 3 aromatic carbocycles. The van der Waals surface area contributed by atoms with Gasteiger partial charge in [0.1, 0.15) is 11.6 Å². The summed E-state index contributed by atoms with van der Waals surface area (Å²) in [4.78, 5) is 14.4. The third-order valence-corrected chi connectivity index (χ3v) is 10.2. The topological polar surface area (TPSA) is 99.7 Å². The minimum Gasteiger partial charge on any atom is -0.406 e. The highest BCUT2D eigenvalue weighted by Gasteiger charge is 2.31. The van der Waals surface area contributed by atoms with Crippen molar-refractivity contribution in [2.24, 2.45) is 11.8 Å². The van der Waals surface area contributed by atoms with E-state index in [4.69, 9.17) is 9.97 Å². The number of nitrogens with one attached hydrogen (secondary N) is 2. The standard InChI is InChI=1S/C33H37F3N6O3S/c34-33(35,36)45-27-14-16-28(17-15-27)46(43,44)38-23-25-12-10-24(11-13-25)22-37-32-39-30-9-5-4-8-29(30)31(40-32)42-20-18-41(19-21-42)26-6-2-1-3-7-26/h1-9,14-17,24-25,38H,10-13,18-23H2,(H,37,39,40). The third kappa shape index (κ3) is 8.00. The molecule has 1 aromatic heterocycles. The number of aromatic nitrogens is 2. The number of hydrogen-bond acceptors (Lipinski definition) is 8. The lowest BCUT2D eigenvalue weighted by atomic mass is 9.82. The van der Waals surface area contributed by atoms with E-state index in [1.165, 1.54) is 5.69 Å². The molecule has 0 unspecified atom stereocenters. The van der Waals surface area contributed by atoms with E-state index in [1.807, 2.05) is 24.3 Å². The fourth-order valence-electron chi connectivity index (χ4n) is 6.20. The second-order valence-corrected chi connectivity index (χ2v) is 13.6. The molecule has 46 heavy (non-hydrogen) atoms. The van der Waals surface area contributed by atoms with Crippen LogP contribution in [0, 0.1) is 11.8 Å². The van der Waals surface area contributed by atoms with E-state index in [-0.39, 0.29) is 17.4 Å². The van der Waals surface area contributed by atoms with Crippen LogP contribution in [-0.2, 0) is 10.0 Å². The quantitative estimate of drug-likeness (QED) is 0.213. The Morgan fingerprint density at radius 1 is 0.761 bits per heavy atom. The molecule has 6 rings (SSSR count). The second-order valence-electron chi connectivity index (χ2n) is 11.8. The van der Waals surface area contributed by atoms with Crippen molar-refractivity contribution in [2.75, 3.05) is 54.4 Å². The molecule has 2 N–H and O–H groups in total. The summed E-state index contributed by atoms with van der Waals surface area (Å²) < 4.78 is 69.0. The zero-order chi connectivity index (χ0) is 32.1. The molecule has 0 radical (unpaired) electrons. The fourth-order valence-corrected chi connectivity index (χ4v) is 7.32. The van der Waals surface area contributed by atoms with Crippen molar-refractivity contribution in [3.63, 3.8) is 0 Å². The van der Waals surface area contributed by atoms with E-state index >= 15 is 0 Å². The lowest BCUT2D eigenvalue weighted by Crippen LogP contribution is -2.47. The maximum atomic E-state index is 12.7. The van der Waals surface area contributed by atoms with Crippen molar-refractivity contribution in [1.82, 2.24) is 14.7 Å². The zero-order valence-corrected chi connectivity index (χ0v) is 26.1. The van der Waals surface area contributed by atoms with E-state index in [0.717, 1.165) is 99.4 Å². The predicted molar refractivity (Wildman–Crippen MR) is 173 cm³/mol. The van der Waals surface area contributed by atoms with Crippen LogP contribution in [0.1, 0.15) is 25.7 Å². The first-order valence-electron chi connectivity index (χ1n) is 15.5. The number of hydrogen-bond donors (Lipinski definition) is 2. The van der Waals surface area contributed by atoms with Crippen LogP contribution >= 0.6 is 0 Å². The summed E-state index contributed by atoms with van der Waals surface area (Å²) in [6.07, 6.45) is -1.24. The number of anilines is 3. The van der Waals surface area contributed by atoms with Gasteiger partial charge in [-0.25, -0.2) is 18.1 Å². The SMILES string of the molecule is O=S(=O)(NCC1CCC(CNc2nc(N3CCN(c4ccccc4)CC3)c3ccccc3n2)CC1)c1ccc(OC(F)(F)F)cc1. The molecule has 1 saturated carbocycles. The average Bonchev–Trinajstić information content (AvgIpc) is 3.06.